The molecule has 1 heterocycles. The van der Waals surface area contributed by atoms with Crippen LogP contribution in [-0.2, 0) is 11.3 Å². The van der Waals surface area contributed by atoms with Crippen molar-refractivity contribution in [2.45, 2.75) is 26.4 Å². The third kappa shape index (κ3) is 6.32. The Bertz CT molecular complexity index is 765. The van der Waals surface area contributed by atoms with Gasteiger partial charge in [0.05, 0.1) is 0 Å². The van der Waals surface area contributed by atoms with E-state index in [-0.39, 0.29) is 11.9 Å². The summed E-state index contributed by atoms with van der Waals surface area (Å²) in [5, 5.41) is 3.11. The topological polar surface area (TPSA) is 35.6 Å². The summed E-state index contributed by atoms with van der Waals surface area (Å²) in [5.74, 6) is -0.0171. The van der Waals surface area contributed by atoms with E-state index in [2.05, 4.69) is 52.4 Å². The standard InChI is InChI=1S/C24H31N3O/c1-20(23-11-7-4-8-12-23)17-24(28)25-21(2)18-26-13-15-27(16-14-26)19-22-9-5-3-6-10-22/h3-12,17,21H,13-16,18-19H2,1-2H3,(H,25,28)/b20-17+/t21-/m0/s1. The summed E-state index contributed by atoms with van der Waals surface area (Å²) in [4.78, 5) is 17.3. The van der Waals surface area contributed by atoms with Crippen molar-refractivity contribution in [2.24, 2.45) is 0 Å². The summed E-state index contributed by atoms with van der Waals surface area (Å²) in [6.45, 7) is 10.2. The quantitative estimate of drug-likeness (QED) is 0.751. The van der Waals surface area contributed by atoms with Crippen molar-refractivity contribution in [3.8, 4) is 0 Å². The molecule has 2 aromatic rings. The Hall–Kier alpha value is -2.43. The van der Waals surface area contributed by atoms with Gasteiger partial charge in [-0.3, -0.25) is 14.6 Å². The Kier molecular flexibility index (Phi) is 7.40. The van der Waals surface area contributed by atoms with Crippen molar-refractivity contribution in [2.75, 3.05) is 32.7 Å². The van der Waals surface area contributed by atoms with Gasteiger partial charge in [-0.2, -0.15) is 0 Å². The van der Waals surface area contributed by atoms with E-state index < -0.39 is 0 Å². The van der Waals surface area contributed by atoms with Crippen molar-refractivity contribution in [1.29, 1.82) is 0 Å². The lowest BCUT2D eigenvalue weighted by atomic mass is 10.1. The molecule has 0 bridgehead atoms. The predicted octanol–water partition coefficient (Wildman–Crippen LogP) is 3.41. The van der Waals surface area contributed by atoms with Crippen LogP contribution in [0, 0.1) is 0 Å². The maximum absolute atomic E-state index is 12.3. The van der Waals surface area contributed by atoms with Gasteiger partial charge in [-0.05, 0) is 30.5 Å². The minimum atomic E-state index is -0.0171. The van der Waals surface area contributed by atoms with Crippen LogP contribution in [0.5, 0.6) is 0 Å². The Morgan fingerprint density at radius 1 is 0.964 bits per heavy atom. The van der Waals surface area contributed by atoms with Crippen LogP contribution < -0.4 is 5.32 Å². The van der Waals surface area contributed by atoms with Crippen molar-refractivity contribution in [3.05, 3.63) is 77.9 Å². The minimum Gasteiger partial charge on any atom is -0.349 e. The maximum Gasteiger partial charge on any atom is 0.244 e. The zero-order valence-electron chi connectivity index (χ0n) is 17.0. The third-order valence-corrected chi connectivity index (χ3v) is 5.21. The second-order valence-corrected chi connectivity index (χ2v) is 7.67. The van der Waals surface area contributed by atoms with E-state index in [9.17, 15) is 4.79 Å². The molecule has 0 aliphatic carbocycles. The number of hydrogen-bond donors (Lipinski definition) is 1. The number of carbonyl (C=O) groups is 1. The molecule has 1 fully saturated rings. The van der Waals surface area contributed by atoms with E-state index in [1.807, 2.05) is 37.3 Å². The monoisotopic (exact) mass is 377 g/mol. The SMILES string of the molecule is C/C(=C\C(=O)N[C@@H](C)CN1CCN(Cc2ccccc2)CC1)c1ccccc1. The van der Waals surface area contributed by atoms with Gasteiger partial charge in [0.25, 0.3) is 0 Å². The molecule has 0 radical (unpaired) electrons. The molecule has 4 heteroatoms. The molecule has 1 atom stereocenters. The van der Waals surface area contributed by atoms with Gasteiger partial charge in [-0.25, -0.2) is 0 Å². The van der Waals surface area contributed by atoms with Crippen LogP contribution in [0.15, 0.2) is 66.7 Å². The summed E-state index contributed by atoms with van der Waals surface area (Å²) in [6, 6.07) is 20.8. The fourth-order valence-corrected chi connectivity index (χ4v) is 3.67. The van der Waals surface area contributed by atoms with E-state index >= 15 is 0 Å². The van der Waals surface area contributed by atoms with Gasteiger partial charge in [0, 0.05) is 51.4 Å². The molecule has 0 spiro atoms. The van der Waals surface area contributed by atoms with Gasteiger partial charge < -0.3 is 5.32 Å². The molecule has 28 heavy (non-hydrogen) atoms. The van der Waals surface area contributed by atoms with Crippen molar-refractivity contribution in [3.63, 3.8) is 0 Å². The molecule has 148 valence electrons. The van der Waals surface area contributed by atoms with Crippen molar-refractivity contribution in [1.82, 2.24) is 15.1 Å². The number of allylic oxidation sites excluding steroid dienone is 1. The lowest BCUT2D eigenvalue weighted by Crippen LogP contribution is -2.50. The normalized spacial score (nSPS) is 17.3. The van der Waals surface area contributed by atoms with Gasteiger partial charge >= 0.3 is 0 Å². The summed E-state index contributed by atoms with van der Waals surface area (Å²) in [7, 11) is 0. The molecule has 1 aliphatic heterocycles. The lowest BCUT2D eigenvalue weighted by molar-refractivity contribution is -0.117. The molecule has 1 aliphatic rings. The molecule has 1 saturated heterocycles. The highest BCUT2D eigenvalue weighted by Gasteiger charge is 2.19. The lowest BCUT2D eigenvalue weighted by Gasteiger charge is -2.36. The van der Waals surface area contributed by atoms with E-state index in [1.165, 1.54) is 5.56 Å². The van der Waals surface area contributed by atoms with E-state index in [0.29, 0.717) is 0 Å². The molecule has 0 saturated carbocycles. The highest BCUT2D eigenvalue weighted by Crippen LogP contribution is 2.12. The van der Waals surface area contributed by atoms with Crippen LogP contribution in [0.4, 0.5) is 0 Å². The van der Waals surface area contributed by atoms with Gasteiger partial charge in [0.2, 0.25) is 5.91 Å². The minimum absolute atomic E-state index is 0.0171. The molecule has 1 amide bonds. The predicted molar refractivity (Wildman–Crippen MR) is 116 cm³/mol. The zero-order chi connectivity index (χ0) is 19.8. The number of piperazine rings is 1. The second-order valence-electron chi connectivity index (χ2n) is 7.67. The number of nitrogens with zero attached hydrogens (tertiary/aromatic N) is 2. The Labute approximate surface area is 168 Å². The average molecular weight is 378 g/mol. The summed E-state index contributed by atoms with van der Waals surface area (Å²) < 4.78 is 0. The Balaban J connectivity index is 1.40. The highest BCUT2D eigenvalue weighted by atomic mass is 16.1. The van der Waals surface area contributed by atoms with Crippen LogP contribution in [0.3, 0.4) is 0 Å². The van der Waals surface area contributed by atoms with Gasteiger partial charge in [0.1, 0.15) is 0 Å². The largest absolute Gasteiger partial charge is 0.349 e. The second kappa shape index (κ2) is 10.2. The number of amides is 1. The fourth-order valence-electron chi connectivity index (χ4n) is 3.67. The molecular weight excluding hydrogens is 346 g/mol. The fraction of sp³-hybridized carbons (Fsp3) is 0.375. The van der Waals surface area contributed by atoms with Gasteiger partial charge in [0.15, 0.2) is 0 Å². The summed E-state index contributed by atoms with van der Waals surface area (Å²) in [6.07, 6.45) is 1.70. The van der Waals surface area contributed by atoms with Gasteiger partial charge in [-0.15, -0.1) is 0 Å². The van der Waals surface area contributed by atoms with Crippen LogP contribution in [-0.4, -0.2) is 54.5 Å². The summed E-state index contributed by atoms with van der Waals surface area (Å²) >= 11 is 0. The van der Waals surface area contributed by atoms with Crippen LogP contribution in [0.1, 0.15) is 25.0 Å². The molecule has 4 nitrogen and oxygen atoms in total. The molecule has 0 unspecified atom stereocenters. The first kappa shape index (κ1) is 20.3. The Morgan fingerprint density at radius 2 is 1.54 bits per heavy atom. The van der Waals surface area contributed by atoms with E-state index in [1.54, 1.807) is 6.08 Å². The van der Waals surface area contributed by atoms with Crippen molar-refractivity contribution >= 4 is 11.5 Å². The zero-order valence-corrected chi connectivity index (χ0v) is 17.0. The van der Waals surface area contributed by atoms with Gasteiger partial charge in [-0.1, -0.05) is 60.7 Å². The number of nitrogens with one attached hydrogen (secondary N) is 1. The molecule has 3 rings (SSSR count). The Morgan fingerprint density at radius 3 is 2.18 bits per heavy atom. The first-order chi connectivity index (χ1) is 13.6. The average Bonchev–Trinajstić information content (AvgIpc) is 2.70. The van der Waals surface area contributed by atoms with Crippen LogP contribution in [0.25, 0.3) is 5.57 Å². The van der Waals surface area contributed by atoms with Crippen LogP contribution in [0.2, 0.25) is 0 Å². The van der Waals surface area contributed by atoms with E-state index in [0.717, 1.165) is 50.4 Å². The number of hydrogen-bond acceptors (Lipinski definition) is 3. The number of benzene rings is 2. The first-order valence-electron chi connectivity index (χ1n) is 10.1. The third-order valence-electron chi connectivity index (χ3n) is 5.21. The molecule has 0 aromatic heterocycles. The van der Waals surface area contributed by atoms with E-state index in [4.69, 9.17) is 0 Å². The number of rotatable bonds is 7. The van der Waals surface area contributed by atoms with Crippen molar-refractivity contribution < 1.29 is 4.79 Å². The maximum atomic E-state index is 12.3. The highest BCUT2D eigenvalue weighted by molar-refractivity contribution is 5.94. The summed E-state index contributed by atoms with van der Waals surface area (Å²) in [5.41, 5.74) is 3.44. The number of carbonyl (C=O) groups excluding carboxylic acids is 1. The van der Waals surface area contributed by atoms with Crippen LogP contribution >= 0.6 is 0 Å². The molecule has 2 aromatic carbocycles. The first-order valence-corrected chi connectivity index (χ1v) is 10.1. The molecular formula is C24H31N3O. The molecule has 1 N–H and O–H groups in total. The smallest absolute Gasteiger partial charge is 0.244 e.